The first kappa shape index (κ1) is 20.2. The van der Waals surface area contributed by atoms with Gasteiger partial charge in [-0.1, -0.05) is 42.4 Å². The Morgan fingerprint density at radius 2 is 2.00 bits per heavy atom. The fraction of sp³-hybridized carbons (Fsp3) is 0.263. The zero-order valence-electron chi connectivity index (χ0n) is 15.4. The molecule has 0 aliphatic rings. The van der Waals surface area contributed by atoms with Crippen LogP contribution < -0.4 is 4.72 Å². The maximum absolute atomic E-state index is 12.6. The molecule has 1 aromatic carbocycles. The van der Waals surface area contributed by atoms with Crippen LogP contribution in [-0.2, 0) is 14.8 Å². The number of rotatable bonds is 8. The van der Waals surface area contributed by atoms with Crippen LogP contribution in [0.1, 0.15) is 35.8 Å². The van der Waals surface area contributed by atoms with E-state index in [0.29, 0.717) is 10.6 Å². The fourth-order valence-electron chi connectivity index (χ4n) is 2.49. The summed E-state index contributed by atoms with van der Waals surface area (Å²) in [5, 5.41) is 3.67. The van der Waals surface area contributed by atoms with Crippen LogP contribution in [0.3, 0.4) is 0 Å². The number of carbonyl (C=O) groups is 1. The van der Waals surface area contributed by atoms with Crippen LogP contribution in [0.2, 0.25) is 0 Å². The lowest BCUT2D eigenvalue weighted by molar-refractivity contribution is 0.0514. The molecule has 0 saturated carbocycles. The summed E-state index contributed by atoms with van der Waals surface area (Å²) in [5.41, 5.74) is 1.11. The molecule has 2 aromatic heterocycles. The minimum atomic E-state index is -3.65. The molecule has 1 unspecified atom stereocenters. The molecule has 3 rings (SSSR count). The Bertz CT molecular complexity index is 1040. The predicted octanol–water partition coefficient (Wildman–Crippen LogP) is 3.66. The first-order valence-electron chi connectivity index (χ1n) is 8.69. The van der Waals surface area contributed by atoms with Gasteiger partial charge in [0.25, 0.3) is 0 Å². The van der Waals surface area contributed by atoms with E-state index in [0.717, 1.165) is 16.9 Å². The highest BCUT2D eigenvalue weighted by Gasteiger charge is 2.21. The van der Waals surface area contributed by atoms with Gasteiger partial charge in [-0.3, -0.25) is 0 Å². The van der Waals surface area contributed by atoms with Crippen molar-refractivity contribution in [3.8, 4) is 10.6 Å². The smallest absolute Gasteiger partial charge is 0.360 e. The van der Waals surface area contributed by atoms with Crippen LogP contribution in [-0.4, -0.2) is 32.7 Å². The summed E-state index contributed by atoms with van der Waals surface area (Å²) >= 11 is 1.04. The Morgan fingerprint density at radius 3 is 2.71 bits per heavy atom. The molecule has 28 heavy (non-hydrogen) atoms. The van der Waals surface area contributed by atoms with E-state index in [1.807, 2.05) is 37.3 Å². The van der Waals surface area contributed by atoms with Gasteiger partial charge in [0.2, 0.25) is 10.0 Å². The monoisotopic (exact) mass is 420 g/mol. The summed E-state index contributed by atoms with van der Waals surface area (Å²) in [5.74, 6) is -0.234. The molecule has 0 bridgehead atoms. The highest BCUT2D eigenvalue weighted by Crippen LogP contribution is 2.31. The molecule has 2 heterocycles. The van der Waals surface area contributed by atoms with Crippen molar-refractivity contribution in [3.63, 3.8) is 0 Å². The van der Waals surface area contributed by atoms with Crippen molar-refractivity contribution in [3.05, 3.63) is 59.8 Å². The van der Waals surface area contributed by atoms with Gasteiger partial charge in [0.15, 0.2) is 11.5 Å². The third-order valence-corrected chi connectivity index (χ3v) is 7.05. The summed E-state index contributed by atoms with van der Waals surface area (Å²) in [6.07, 6.45) is 0. The highest BCUT2D eigenvalue weighted by atomic mass is 32.2. The van der Waals surface area contributed by atoms with E-state index in [1.165, 1.54) is 12.1 Å². The first-order valence-corrected chi connectivity index (χ1v) is 11.0. The Balaban J connectivity index is 1.69. The Hall–Kier alpha value is -2.49. The van der Waals surface area contributed by atoms with Gasteiger partial charge in [-0.15, -0.1) is 11.3 Å². The molecule has 1 N–H and O–H groups in total. The van der Waals surface area contributed by atoms with E-state index in [2.05, 4.69) is 9.88 Å². The second kappa shape index (κ2) is 8.68. The SMILES string of the molecule is CCOC(=O)c1cc(-c2ccc(S(=O)(=O)NCC(C)c3ccccc3)s2)on1. The molecule has 3 aromatic rings. The molecule has 0 amide bonds. The third-order valence-electron chi connectivity index (χ3n) is 4.03. The summed E-state index contributed by atoms with van der Waals surface area (Å²) in [6.45, 7) is 4.18. The van der Waals surface area contributed by atoms with E-state index >= 15 is 0 Å². The zero-order chi connectivity index (χ0) is 20.1. The molecule has 7 nitrogen and oxygen atoms in total. The molecule has 0 aliphatic heterocycles. The van der Waals surface area contributed by atoms with Crippen molar-refractivity contribution in [2.24, 2.45) is 0 Å². The van der Waals surface area contributed by atoms with E-state index in [1.54, 1.807) is 13.0 Å². The van der Waals surface area contributed by atoms with Crippen LogP contribution in [0.5, 0.6) is 0 Å². The number of hydrogen-bond acceptors (Lipinski definition) is 7. The standard InChI is InChI=1S/C19H20N2O5S2/c1-3-25-19(22)15-11-16(26-21-15)17-9-10-18(27-17)28(23,24)20-12-13(2)14-7-5-4-6-8-14/h4-11,13,20H,3,12H2,1-2H3. The molecule has 0 spiro atoms. The lowest BCUT2D eigenvalue weighted by atomic mass is 10.0. The van der Waals surface area contributed by atoms with Crippen molar-refractivity contribution in [2.75, 3.05) is 13.2 Å². The lowest BCUT2D eigenvalue weighted by Gasteiger charge is -2.12. The topological polar surface area (TPSA) is 98.5 Å². The number of hydrogen-bond donors (Lipinski definition) is 1. The molecule has 0 radical (unpaired) electrons. The quantitative estimate of drug-likeness (QED) is 0.559. The number of esters is 1. The van der Waals surface area contributed by atoms with Gasteiger partial charge in [-0.25, -0.2) is 17.9 Å². The minimum Gasteiger partial charge on any atom is -0.461 e. The average molecular weight is 421 g/mol. The Labute approximate surface area is 167 Å². The molecule has 148 valence electrons. The van der Waals surface area contributed by atoms with Crippen molar-refractivity contribution in [1.29, 1.82) is 0 Å². The number of sulfonamides is 1. The largest absolute Gasteiger partial charge is 0.461 e. The highest BCUT2D eigenvalue weighted by molar-refractivity contribution is 7.91. The van der Waals surface area contributed by atoms with Crippen molar-refractivity contribution < 1.29 is 22.5 Å². The van der Waals surface area contributed by atoms with E-state index in [4.69, 9.17) is 9.26 Å². The van der Waals surface area contributed by atoms with Crippen molar-refractivity contribution in [2.45, 2.75) is 24.0 Å². The van der Waals surface area contributed by atoms with E-state index < -0.39 is 16.0 Å². The minimum absolute atomic E-state index is 0.0387. The average Bonchev–Trinajstić information content (AvgIpc) is 3.37. The van der Waals surface area contributed by atoms with Crippen LogP contribution >= 0.6 is 11.3 Å². The second-order valence-corrected chi connectivity index (χ2v) is 9.16. The van der Waals surface area contributed by atoms with Crippen LogP contribution in [0.4, 0.5) is 0 Å². The predicted molar refractivity (Wildman–Crippen MR) is 106 cm³/mol. The summed E-state index contributed by atoms with van der Waals surface area (Å²) in [7, 11) is -3.65. The maximum Gasteiger partial charge on any atom is 0.360 e. The number of nitrogens with zero attached hydrogens (tertiary/aromatic N) is 1. The summed E-state index contributed by atoms with van der Waals surface area (Å²) in [6, 6.07) is 14.3. The van der Waals surface area contributed by atoms with E-state index in [9.17, 15) is 13.2 Å². The fourth-order valence-corrected chi connectivity index (χ4v) is 4.92. The molecule has 1 atom stereocenters. The molecule has 0 aliphatic carbocycles. The van der Waals surface area contributed by atoms with Gasteiger partial charge in [0.1, 0.15) is 4.21 Å². The molecule has 0 saturated heterocycles. The third kappa shape index (κ3) is 4.67. The summed E-state index contributed by atoms with van der Waals surface area (Å²) in [4.78, 5) is 12.2. The molecular formula is C19H20N2O5S2. The number of ether oxygens (including phenoxy) is 1. The molecular weight excluding hydrogens is 400 g/mol. The lowest BCUT2D eigenvalue weighted by Crippen LogP contribution is -2.27. The first-order chi connectivity index (χ1) is 13.4. The molecule has 0 fully saturated rings. The van der Waals surface area contributed by atoms with Gasteiger partial charge < -0.3 is 9.26 Å². The number of thiophene rings is 1. The van der Waals surface area contributed by atoms with Crippen LogP contribution in [0.15, 0.2) is 57.3 Å². The van der Waals surface area contributed by atoms with Gasteiger partial charge in [-0.2, -0.15) is 0 Å². The Morgan fingerprint density at radius 1 is 1.25 bits per heavy atom. The maximum atomic E-state index is 12.6. The second-order valence-electron chi connectivity index (χ2n) is 6.08. The number of aromatic nitrogens is 1. The van der Waals surface area contributed by atoms with Crippen LogP contribution in [0.25, 0.3) is 10.6 Å². The zero-order valence-corrected chi connectivity index (χ0v) is 17.0. The normalized spacial score (nSPS) is 12.6. The van der Waals surface area contributed by atoms with Gasteiger partial charge in [0, 0.05) is 12.6 Å². The number of carbonyl (C=O) groups excluding carboxylic acids is 1. The Kier molecular flexibility index (Phi) is 6.28. The van der Waals surface area contributed by atoms with E-state index in [-0.39, 0.29) is 29.0 Å². The number of benzene rings is 1. The van der Waals surface area contributed by atoms with Crippen molar-refractivity contribution >= 4 is 27.3 Å². The number of nitrogens with one attached hydrogen (secondary N) is 1. The van der Waals surface area contributed by atoms with Gasteiger partial charge in [0.05, 0.1) is 11.5 Å². The van der Waals surface area contributed by atoms with Gasteiger partial charge in [-0.05, 0) is 30.5 Å². The van der Waals surface area contributed by atoms with Gasteiger partial charge >= 0.3 is 5.97 Å². The van der Waals surface area contributed by atoms with Crippen LogP contribution in [0, 0.1) is 0 Å². The molecule has 9 heteroatoms. The summed E-state index contributed by atoms with van der Waals surface area (Å²) < 4.78 is 38.0. The van der Waals surface area contributed by atoms with Crippen molar-refractivity contribution in [1.82, 2.24) is 9.88 Å².